The molecule has 0 amide bonds. The van der Waals surface area contributed by atoms with E-state index in [0.717, 1.165) is 0 Å². The molecule has 1 aliphatic rings. The summed E-state index contributed by atoms with van der Waals surface area (Å²) in [6.45, 7) is 8.59. The van der Waals surface area contributed by atoms with Crippen LogP contribution in [0.15, 0.2) is 16.8 Å². The van der Waals surface area contributed by atoms with Crippen molar-refractivity contribution in [1.82, 2.24) is 5.43 Å². The second kappa shape index (κ2) is 2.68. The quantitative estimate of drug-likeness (QED) is 0.610. The number of hydrogen-bond donors (Lipinski definition) is 1. The Balaban J connectivity index is 2.81. The van der Waals surface area contributed by atoms with E-state index in [-0.39, 0.29) is 5.54 Å². The van der Waals surface area contributed by atoms with Gasteiger partial charge in [0.25, 0.3) is 0 Å². The molecule has 0 fully saturated rings. The van der Waals surface area contributed by atoms with Crippen LogP contribution in [-0.2, 0) is 0 Å². The average Bonchev–Trinajstić information content (AvgIpc) is 1.85. The molecule has 62 valence electrons. The molecule has 1 N–H and O–H groups in total. The van der Waals surface area contributed by atoms with Gasteiger partial charge in [-0.1, -0.05) is 19.9 Å². The van der Waals surface area contributed by atoms with E-state index >= 15 is 0 Å². The fourth-order valence-corrected chi connectivity index (χ4v) is 1.08. The first kappa shape index (κ1) is 8.31. The first-order valence-corrected chi connectivity index (χ1v) is 4.04. The highest BCUT2D eigenvalue weighted by molar-refractivity contribution is 5.80. The second-order valence-corrected chi connectivity index (χ2v) is 3.89. The van der Waals surface area contributed by atoms with Crippen molar-refractivity contribution in [3.8, 4) is 0 Å². The van der Waals surface area contributed by atoms with E-state index in [9.17, 15) is 0 Å². The number of rotatable bonds is 1. The normalized spacial score (nSPS) is 21.4. The van der Waals surface area contributed by atoms with Crippen LogP contribution in [0.5, 0.6) is 0 Å². The number of hydrogen-bond acceptors (Lipinski definition) is 2. The van der Waals surface area contributed by atoms with E-state index in [1.807, 2.05) is 6.21 Å². The van der Waals surface area contributed by atoms with E-state index in [4.69, 9.17) is 0 Å². The average molecular weight is 152 g/mol. The summed E-state index contributed by atoms with van der Waals surface area (Å²) in [5, 5.41) is 4.09. The second-order valence-electron chi connectivity index (χ2n) is 3.89. The molecule has 1 rings (SSSR count). The van der Waals surface area contributed by atoms with Crippen molar-refractivity contribution in [2.75, 3.05) is 0 Å². The fraction of sp³-hybridized carbons (Fsp3) is 0.667. The molecule has 0 saturated heterocycles. The molecule has 0 unspecified atom stereocenters. The lowest BCUT2D eigenvalue weighted by Gasteiger charge is -2.25. The van der Waals surface area contributed by atoms with Gasteiger partial charge in [-0.2, -0.15) is 5.10 Å². The van der Waals surface area contributed by atoms with Crippen molar-refractivity contribution in [3.63, 3.8) is 0 Å². The minimum atomic E-state index is 0.0222. The maximum Gasteiger partial charge on any atom is 0.0678 e. The SMILES string of the molecule is CC(C)C1=CC(C)(C)NN=C1. The number of nitrogens with one attached hydrogen (secondary N) is 1. The first-order chi connectivity index (χ1) is 5.01. The van der Waals surface area contributed by atoms with Crippen LogP contribution in [0.25, 0.3) is 0 Å². The first-order valence-electron chi connectivity index (χ1n) is 4.04. The predicted octanol–water partition coefficient (Wildman–Crippen LogP) is 1.94. The smallest absolute Gasteiger partial charge is 0.0678 e. The van der Waals surface area contributed by atoms with Gasteiger partial charge in [0.1, 0.15) is 0 Å². The zero-order valence-corrected chi connectivity index (χ0v) is 7.68. The lowest BCUT2D eigenvalue weighted by atomic mass is 9.95. The van der Waals surface area contributed by atoms with Crippen LogP contribution in [-0.4, -0.2) is 11.8 Å². The molecule has 11 heavy (non-hydrogen) atoms. The monoisotopic (exact) mass is 152 g/mol. The zero-order chi connectivity index (χ0) is 8.48. The van der Waals surface area contributed by atoms with Crippen LogP contribution in [0.1, 0.15) is 27.7 Å². The Morgan fingerprint density at radius 1 is 1.45 bits per heavy atom. The van der Waals surface area contributed by atoms with Crippen LogP contribution < -0.4 is 5.43 Å². The minimum Gasteiger partial charge on any atom is -0.301 e. The lowest BCUT2D eigenvalue weighted by Crippen LogP contribution is -2.36. The van der Waals surface area contributed by atoms with Crippen molar-refractivity contribution in [1.29, 1.82) is 0 Å². The van der Waals surface area contributed by atoms with E-state index in [0.29, 0.717) is 5.92 Å². The van der Waals surface area contributed by atoms with Gasteiger partial charge in [-0.05, 0) is 25.3 Å². The molecule has 0 aromatic carbocycles. The maximum atomic E-state index is 4.09. The van der Waals surface area contributed by atoms with E-state index in [2.05, 4.69) is 44.3 Å². The molecule has 2 heteroatoms. The van der Waals surface area contributed by atoms with Crippen LogP contribution in [0.3, 0.4) is 0 Å². The van der Waals surface area contributed by atoms with Gasteiger partial charge in [-0.3, -0.25) is 0 Å². The molecule has 0 spiro atoms. The Bertz CT molecular complexity index is 200. The predicted molar refractivity (Wildman–Crippen MR) is 48.6 cm³/mol. The summed E-state index contributed by atoms with van der Waals surface area (Å²) in [7, 11) is 0. The highest BCUT2D eigenvalue weighted by Crippen LogP contribution is 2.16. The Labute approximate surface area is 68.4 Å². The third-order valence-electron chi connectivity index (χ3n) is 1.76. The van der Waals surface area contributed by atoms with Crippen molar-refractivity contribution >= 4 is 6.21 Å². The molecule has 0 aromatic heterocycles. The molecule has 2 nitrogen and oxygen atoms in total. The number of nitrogens with zero attached hydrogens (tertiary/aromatic N) is 1. The van der Waals surface area contributed by atoms with Gasteiger partial charge >= 0.3 is 0 Å². The Hall–Kier alpha value is -0.790. The highest BCUT2D eigenvalue weighted by atomic mass is 15.3. The Morgan fingerprint density at radius 3 is 2.45 bits per heavy atom. The lowest BCUT2D eigenvalue weighted by molar-refractivity contribution is 0.482. The molecular formula is C9H16N2. The molecule has 0 bridgehead atoms. The van der Waals surface area contributed by atoms with Crippen LogP contribution in [0.4, 0.5) is 0 Å². The fourth-order valence-electron chi connectivity index (χ4n) is 1.08. The maximum absolute atomic E-state index is 4.09. The van der Waals surface area contributed by atoms with Crippen molar-refractivity contribution < 1.29 is 0 Å². The molecule has 0 atom stereocenters. The molecule has 0 saturated carbocycles. The Kier molecular flexibility index (Phi) is 2.03. The van der Waals surface area contributed by atoms with E-state index in [1.54, 1.807) is 0 Å². The summed E-state index contributed by atoms with van der Waals surface area (Å²) >= 11 is 0. The largest absolute Gasteiger partial charge is 0.301 e. The van der Waals surface area contributed by atoms with Crippen LogP contribution in [0, 0.1) is 5.92 Å². The van der Waals surface area contributed by atoms with Gasteiger partial charge in [0.2, 0.25) is 0 Å². The van der Waals surface area contributed by atoms with E-state index < -0.39 is 0 Å². The molecular weight excluding hydrogens is 136 g/mol. The molecule has 0 aromatic rings. The highest BCUT2D eigenvalue weighted by Gasteiger charge is 2.17. The number of allylic oxidation sites excluding steroid dienone is 1. The summed E-state index contributed by atoms with van der Waals surface area (Å²) in [5.74, 6) is 0.570. The minimum absolute atomic E-state index is 0.0222. The topological polar surface area (TPSA) is 24.4 Å². The Morgan fingerprint density at radius 2 is 2.09 bits per heavy atom. The summed E-state index contributed by atoms with van der Waals surface area (Å²) in [6.07, 6.45) is 4.13. The third kappa shape index (κ3) is 2.07. The summed E-state index contributed by atoms with van der Waals surface area (Å²) < 4.78 is 0. The third-order valence-corrected chi connectivity index (χ3v) is 1.76. The van der Waals surface area contributed by atoms with Gasteiger partial charge in [0, 0.05) is 0 Å². The molecule has 1 heterocycles. The van der Waals surface area contributed by atoms with Gasteiger partial charge < -0.3 is 5.43 Å². The molecule has 0 radical (unpaired) electrons. The standard InChI is InChI=1S/C9H16N2/c1-7(2)8-5-9(3,4)11-10-6-8/h5-7,11H,1-4H3. The van der Waals surface area contributed by atoms with Crippen molar-refractivity contribution in [3.05, 3.63) is 11.6 Å². The van der Waals surface area contributed by atoms with Gasteiger partial charge in [0.15, 0.2) is 0 Å². The summed E-state index contributed by atoms with van der Waals surface area (Å²) in [5.41, 5.74) is 4.37. The zero-order valence-electron chi connectivity index (χ0n) is 7.68. The van der Waals surface area contributed by atoms with Crippen LogP contribution >= 0.6 is 0 Å². The molecule has 0 aliphatic carbocycles. The van der Waals surface area contributed by atoms with Crippen molar-refractivity contribution in [2.24, 2.45) is 11.0 Å². The van der Waals surface area contributed by atoms with Crippen molar-refractivity contribution in [2.45, 2.75) is 33.2 Å². The van der Waals surface area contributed by atoms with Crippen LogP contribution in [0.2, 0.25) is 0 Å². The summed E-state index contributed by atoms with van der Waals surface area (Å²) in [4.78, 5) is 0. The van der Waals surface area contributed by atoms with Gasteiger partial charge in [-0.25, -0.2) is 0 Å². The summed E-state index contributed by atoms with van der Waals surface area (Å²) in [6, 6.07) is 0. The number of hydrazone groups is 1. The molecule has 1 aliphatic heterocycles. The van der Waals surface area contributed by atoms with E-state index in [1.165, 1.54) is 5.57 Å². The van der Waals surface area contributed by atoms with Gasteiger partial charge in [0.05, 0.1) is 11.8 Å². The van der Waals surface area contributed by atoms with Gasteiger partial charge in [-0.15, -0.1) is 0 Å².